The SMILES string of the molecule is CCOC(=O)Cn1cc(O)[nH]c1=O. The van der Waals surface area contributed by atoms with Crippen LogP contribution in [0.15, 0.2) is 11.0 Å². The van der Waals surface area contributed by atoms with Gasteiger partial charge in [-0.3, -0.25) is 14.3 Å². The molecular weight excluding hydrogens is 176 g/mol. The predicted octanol–water partition coefficient (Wildman–Crippen LogP) is -0.555. The predicted molar refractivity (Wildman–Crippen MR) is 43.4 cm³/mol. The number of nitrogens with zero attached hydrogens (tertiary/aromatic N) is 1. The van der Waals surface area contributed by atoms with Gasteiger partial charge in [-0.25, -0.2) is 4.79 Å². The molecule has 0 unspecified atom stereocenters. The number of hydrogen-bond donors (Lipinski definition) is 2. The molecule has 0 saturated heterocycles. The fourth-order valence-corrected chi connectivity index (χ4v) is 0.883. The molecule has 0 bridgehead atoms. The van der Waals surface area contributed by atoms with E-state index in [4.69, 9.17) is 5.11 Å². The van der Waals surface area contributed by atoms with Gasteiger partial charge in [0, 0.05) is 0 Å². The number of carbonyl (C=O) groups excluding carboxylic acids is 1. The molecule has 1 rings (SSSR count). The number of ether oxygens (including phenoxy) is 1. The Morgan fingerprint density at radius 1 is 1.77 bits per heavy atom. The smallest absolute Gasteiger partial charge is 0.328 e. The van der Waals surface area contributed by atoms with Crippen LogP contribution in [0.25, 0.3) is 0 Å². The lowest BCUT2D eigenvalue weighted by atomic mass is 10.6. The number of aromatic amines is 1. The minimum Gasteiger partial charge on any atom is -0.493 e. The summed E-state index contributed by atoms with van der Waals surface area (Å²) in [4.78, 5) is 23.9. The number of aromatic hydroxyl groups is 1. The van der Waals surface area contributed by atoms with Crippen LogP contribution in [0.1, 0.15) is 6.92 Å². The second-order valence-corrected chi connectivity index (χ2v) is 2.38. The maximum atomic E-state index is 10.9. The Morgan fingerprint density at radius 2 is 2.46 bits per heavy atom. The van der Waals surface area contributed by atoms with Gasteiger partial charge in [0.15, 0.2) is 0 Å². The first-order valence-corrected chi connectivity index (χ1v) is 3.77. The summed E-state index contributed by atoms with van der Waals surface area (Å²) < 4.78 is 5.65. The maximum absolute atomic E-state index is 10.9. The molecule has 1 aromatic heterocycles. The van der Waals surface area contributed by atoms with Gasteiger partial charge in [0.1, 0.15) is 6.54 Å². The van der Waals surface area contributed by atoms with Crippen molar-refractivity contribution in [2.24, 2.45) is 0 Å². The Hall–Kier alpha value is -1.72. The largest absolute Gasteiger partial charge is 0.493 e. The van der Waals surface area contributed by atoms with Crippen LogP contribution in [0.3, 0.4) is 0 Å². The van der Waals surface area contributed by atoms with E-state index in [9.17, 15) is 9.59 Å². The van der Waals surface area contributed by atoms with Crippen LogP contribution in [0.2, 0.25) is 0 Å². The summed E-state index contributed by atoms with van der Waals surface area (Å²) in [6.07, 6.45) is 1.14. The van der Waals surface area contributed by atoms with E-state index in [1.807, 2.05) is 0 Å². The van der Waals surface area contributed by atoms with Gasteiger partial charge in [0.2, 0.25) is 5.88 Å². The van der Waals surface area contributed by atoms with Gasteiger partial charge in [-0.05, 0) is 6.92 Å². The summed E-state index contributed by atoms with van der Waals surface area (Å²) in [7, 11) is 0. The van der Waals surface area contributed by atoms with Gasteiger partial charge >= 0.3 is 11.7 Å². The second kappa shape index (κ2) is 3.79. The first-order valence-electron chi connectivity index (χ1n) is 3.77. The van der Waals surface area contributed by atoms with E-state index in [2.05, 4.69) is 9.72 Å². The van der Waals surface area contributed by atoms with Gasteiger partial charge in [0.05, 0.1) is 12.8 Å². The van der Waals surface area contributed by atoms with E-state index in [1.165, 1.54) is 0 Å². The molecular formula is C7H10N2O4. The van der Waals surface area contributed by atoms with Gasteiger partial charge in [-0.2, -0.15) is 0 Å². The van der Waals surface area contributed by atoms with Crippen molar-refractivity contribution in [3.8, 4) is 5.88 Å². The molecule has 0 atom stereocenters. The third-order valence-corrected chi connectivity index (χ3v) is 1.38. The van der Waals surface area contributed by atoms with E-state index < -0.39 is 11.7 Å². The molecule has 13 heavy (non-hydrogen) atoms. The van der Waals surface area contributed by atoms with Gasteiger partial charge in [0.25, 0.3) is 0 Å². The number of nitrogens with one attached hydrogen (secondary N) is 1. The van der Waals surface area contributed by atoms with Gasteiger partial charge in [-0.15, -0.1) is 0 Å². The molecule has 0 aromatic carbocycles. The number of rotatable bonds is 3. The second-order valence-electron chi connectivity index (χ2n) is 2.38. The number of imidazole rings is 1. The van der Waals surface area contributed by atoms with E-state index in [1.54, 1.807) is 6.92 Å². The number of aromatic nitrogens is 2. The van der Waals surface area contributed by atoms with Gasteiger partial charge < -0.3 is 9.84 Å². The van der Waals surface area contributed by atoms with Crippen molar-refractivity contribution in [1.29, 1.82) is 0 Å². The fraction of sp³-hybridized carbons (Fsp3) is 0.429. The lowest BCUT2D eigenvalue weighted by Crippen LogP contribution is -2.22. The highest BCUT2D eigenvalue weighted by Gasteiger charge is 2.06. The average molecular weight is 186 g/mol. The Kier molecular flexibility index (Phi) is 2.73. The van der Waals surface area contributed by atoms with E-state index in [-0.39, 0.29) is 19.0 Å². The fourth-order valence-electron chi connectivity index (χ4n) is 0.883. The number of carbonyl (C=O) groups is 1. The van der Waals surface area contributed by atoms with Gasteiger partial charge in [-0.1, -0.05) is 0 Å². The topological polar surface area (TPSA) is 84.3 Å². The summed E-state index contributed by atoms with van der Waals surface area (Å²) in [5.41, 5.74) is -0.537. The summed E-state index contributed by atoms with van der Waals surface area (Å²) in [5, 5.41) is 8.85. The van der Waals surface area contributed by atoms with Crippen LogP contribution in [0.4, 0.5) is 0 Å². The van der Waals surface area contributed by atoms with Crippen LogP contribution in [0, 0.1) is 0 Å². The molecule has 72 valence electrons. The molecule has 6 nitrogen and oxygen atoms in total. The third kappa shape index (κ3) is 2.36. The van der Waals surface area contributed by atoms with Crippen LogP contribution < -0.4 is 5.69 Å². The standard InChI is InChI=1S/C7H10N2O4/c1-2-13-6(11)4-9-3-5(10)8-7(9)12/h3,10H,2,4H2,1H3,(H,8,12). The highest BCUT2D eigenvalue weighted by Crippen LogP contribution is 1.97. The molecule has 0 radical (unpaired) electrons. The van der Waals surface area contributed by atoms with Crippen molar-refractivity contribution in [3.63, 3.8) is 0 Å². The van der Waals surface area contributed by atoms with Crippen molar-refractivity contribution >= 4 is 5.97 Å². The molecule has 0 amide bonds. The Labute approximate surface area is 73.8 Å². The zero-order valence-electron chi connectivity index (χ0n) is 7.11. The van der Waals surface area contributed by atoms with Crippen molar-refractivity contribution in [2.75, 3.05) is 6.61 Å². The number of hydrogen-bond acceptors (Lipinski definition) is 4. The molecule has 0 aliphatic heterocycles. The molecule has 0 aliphatic carbocycles. The van der Waals surface area contributed by atoms with E-state index in [0.717, 1.165) is 10.8 Å². The molecule has 0 fully saturated rings. The highest BCUT2D eigenvalue weighted by atomic mass is 16.5. The Bertz CT molecular complexity index is 352. The van der Waals surface area contributed by atoms with Crippen LogP contribution in [-0.4, -0.2) is 27.2 Å². The lowest BCUT2D eigenvalue weighted by Gasteiger charge is -2.00. The molecule has 0 spiro atoms. The molecule has 6 heteroatoms. The van der Waals surface area contributed by atoms with Crippen molar-refractivity contribution in [1.82, 2.24) is 9.55 Å². The first-order chi connectivity index (χ1) is 6.13. The minimum atomic E-state index is -0.537. The lowest BCUT2D eigenvalue weighted by molar-refractivity contribution is -0.143. The third-order valence-electron chi connectivity index (χ3n) is 1.38. The summed E-state index contributed by atoms with van der Waals surface area (Å²) in [6.45, 7) is 1.75. The van der Waals surface area contributed by atoms with Crippen LogP contribution in [0.5, 0.6) is 5.88 Å². The zero-order chi connectivity index (χ0) is 9.84. The number of esters is 1. The maximum Gasteiger partial charge on any atom is 0.328 e. The highest BCUT2D eigenvalue weighted by molar-refractivity contribution is 5.69. The summed E-state index contributed by atoms with van der Waals surface area (Å²) in [5.74, 6) is -0.780. The molecule has 1 aromatic rings. The van der Waals surface area contributed by atoms with Crippen LogP contribution in [-0.2, 0) is 16.1 Å². The summed E-state index contributed by atoms with van der Waals surface area (Å²) in [6, 6.07) is 0. The minimum absolute atomic E-state index is 0.191. The monoisotopic (exact) mass is 186 g/mol. The van der Waals surface area contributed by atoms with Crippen molar-refractivity contribution in [2.45, 2.75) is 13.5 Å². The van der Waals surface area contributed by atoms with E-state index >= 15 is 0 Å². The molecule has 0 saturated carbocycles. The van der Waals surface area contributed by atoms with Crippen molar-refractivity contribution in [3.05, 3.63) is 16.7 Å². The van der Waals surface area contributed by atoms with Crippen molar-refractivity contribution < 1.29 is 14.6 Å². The van der Waals surface area contributed by atoms with E-state index in [0.29, 0.717) is 0 Å². The zero-order valence-corrected chi connectivity index (χ0v) is 7.11. The summed E-state index contributed by atoms with van der Waals surface area (Å²) >= 11 is 0. The quantitative estimate of drug-likeness (QED) is 0.620. The number of H-pyrrole nitrogens is 1. The molecule has 0 aliphatic rings. The Balaban J connectivity index is 2.69. The molecule has 2 N–H and O–H groups in total. The van der Waals surface area contributed by atoms with Crippen LogP contribution >= 0.6 is 0 Å². The Morgan fingerprint density at radius 3 is 2.92 bits per heavy atom. The first kappa shape index (κ1) is 9.37. The molecule has 1 heterocycles. The normalized spacial score (nSPS) is 9.92. The average Bonchev–Trinajstić information content (AvgIpc) is 2.30.